The van der Waals surface area contributed by atoms with E-state index in [2.05, 4.69) is 54.5 Å². The first-order chi connectivity index (χ1) is 8.70. The van der Waals surface area contributed by atoms with E-state index in [4.69, 9.17) is 0 Å². The topological polar surface area (TPSA) is 37.8 Å². The SMILES string of the molecule is CCCNCc1nnc(-c2ccc(C)c(C)c2)s1. The summed E-state index contributed by atoms with van der Waals surface area (Å²) >= 11 is 1.67. The quantitative estimate of drug-likeness (QED) is 0.839. The van der Waals surface area contributed by atoms with Gasteiger partial charge in [0.15, 0.2) is 0 Å². The van der Waals surface area contributed by atoms with Gasteiger partial charge < -0.3 is 5.32 Å². The highest BCUT2D eigenvalue weighted by Crippen LogP contribution is 2.25. The molecule has 0 unspecified atom stereocenters. The molecule has 0 atom stereocenters. The molecule has 0 radical (unpaired) electrons. The molecule has 2 rings (SSSR count). The lowest BCUT2D eigenvalue weighted by Crippen LogP contribution is -2.13. The van der Waals surface area contributed by atoms with Crippen LogP contribution in [0.2, 0.25) is 0 Å². The highest BCUT2D eigenvalue weighted by molar-refractivity contribution is 7.14. The molecule has 0 fully saturated rings. The van der Waals surface area contributed by atoms with Crippen molar-refractivity contribution in [2.45, 2.75) is 33.7 Å². The van der Waals surface area contributed by atoms with Gasteiger partial charge in [-0.2, -0.15) is 0 Å². The molecule has 18 heavy (non-hydrogen) atoms. The Morgan fingerprint density at radius 1 is 1.17 bits per heavy atom. The van der Waals surface area contributed by atoms with Gasteiger partial charge in [-0.15, -0.1) is 10.2 Å². The van der Waals surface area contributed by atoms with Crippen molar-refractivity contribution in [1.29, 1.82) is 0 Å². The number of nitrogens with zero attached hydrogens (tertiary/aromatic N) is 2. The predicted molar refractivity (Wildman–Crippen MR) is 76.8 cm³/mol. The van der Waals surface area contributed by atoms with Crippen LogP contribution in [0.3, 0.4) is 0 Å². The summed E-state index contributed by atoms with van der Waals surface area (Å²) in [5, 5.41) is 13.9. The number of aryl methyl sites for hydroxylation is 2. The van der Waals surface area contributed by atoms with Crippen LogP contribution in [0.15, 0.2) is 18.2 Å². The molecule has 3 nitrogen and oxygen atoms in total. The molecular weight excluding hydrogens is 242 g/mol. The maximum absolute atomic E-state index is 4.26. The van der Waals surface area contributed by atoms with Crippen LogP contribution in [-0.4, -0.2) is 16.7 Å². The van der Waals surface area contributed by atoms with E-state index in [0.29, 0.717) is 0 Å². The Balaban J connectivity index is 2.11. The summed E-state index contributed by atoms with van der Waals surface area (Å²) in [7, 11) is 0. The summed E-state index contributed by atoms with van der Waals surface area (Å²) in [5.74, 6) is 0. The lowest BCUT2D eigenvalue weighted by Gasteiger charge is -2.01. The van der Waals surface area contributed by atoms with Gasteiger partial charge >= 0.3 is 0 Å². The smallest absolute Gasteiger partial charge is 0.147 e. The van der Waals surface area contributed by atoms with Gasteiger partial charge in [0.1, 0.15) is 10.0 Å². The maximum atomic E-state index is 4.26. The molecule has 2 aromatic rings. The average Bonchev–Trinajstić information content (AvgIpc) is 2.82. The van der Waals surface area contributed by atoms with Crippen molar-refractivity contribution in [3.63, 3.8) is 0 Å². The second-order valence-corrected chi connectivity index (χ2v) is 5.54. The predicted octanol–water partition coefficient (Wildman–Crippen LogP) is 3.32. The largest absolute Gasteiger partial charge is 0.310 e. The monoisotopic (exact) mass is 261 g/mol. The minimum Gasteiger partial charge on any atom is -0.310 e. The van der Waals surface area contributed by atoms with Crippen molar-refractivity contribution >= 4 is 11.3 Å². The normalized spacial score (nSPS) is 10.8. The second kappa shape index (κ2) is 6.07. The average molecular weight is 261 g/mol. The molecule has 0 aliphatic rings. The van der Waals surface area contributed by atoms with Crippen molar-refractivity contribution in [3.8, 4) is 10.6 Å². The summed E-state index contributed by atoms with van der Waals surface area (Å²) in [5.41, 5.74) is 3.78. The first-order valence-corrected chi connectivity index (χ1v) is 7.13. The zero-order valence-corrected chi connectivity index (χ0v) is 12.0. The number of hydrogen-bond acceptors (Lipinski definition) is 4. The second-order valence-electron chi connectivity index (χ2n) is 4.48. The molecule has 0 amide bonds. The van der Waals surface area contributed by atoms with Gasteiger partial charge in [0.2, 0.25) is 0 Å². The number of rotatable bonds is 5. The van der Waals surface area contributed by atoms with E-state index >= 15 is 0 Å². The van der Waals surface area contributed by atoms with E-state index in [-0.39, 0.29) is 0 Å². The molecule has 0 saturated carbocycles. The minimum absolute atomic E-state index is 0.816. The number of aromatic nitrogens is 2. The molecule has 1 aromatic heterocycles. The van der Waals surface area contributed by atoms with Crippen LogP contribution in [0.25, 0.3) is 10.6 Å². The highest BCUT2D eigenvalue weighted by Gasteiger charge is 2.07. The summed E-state index contributed by atoms with van der Waals surface area (Å²) in [6.45, 7) is 8.26. The standard InChI is InChI=1S/C14H19N3S/c1-4-7-15-9-13-16-17-14(18-13)12-6-5-10(2)11(3)8-12/h5-6,8,15H,4,7,9H2,1-3H3. The minimum atomic E-state index is 0.816. The van der Waals surface area contributed by atoms with E-state index in [9.17, 15) is 0 Å². The Bertz CT molecular complexity index is 520. The van der Waals surface area contributed by atoms with Crippen LogP contribution in [0.5, 0.6) is 0 Å². The van der Waals surface area contributed by atoms with Crippen LogP contribution in [0.4, 0.5) is 0 Å². The number of nitrogens with one attached hydrogen (secondary N) is 1. The van der Waals surface area contributed by atoms with Gasteiger partial charge in [-0.25, -0.2) is 0 Å². The van der Waals surface area contributed by atoms with E-state index < -0.39 is 0 Å². The van der Waals surface area contributed by atoms with Gasteiger partial charge in [-0.1, -0.05) is 30.4 Å². The molecule has 96 valence electrons. The Hall–Kier alpha value is -1.26. The molecule has 0 saturated heterocycles. The molecule has 0 aliphatic carbocycles. The van der Waals surface area contributed by atoms with Crippen molar-refractivity contribution in [1.82, 2.24) is 15.5 Å². The van der Waals surface area contributed by atoms with Crippen LogP contribution in [-0.2, 0) is 6.54 Å². The van der Waals surface area contributed by atoms with Gasteiger partial charge in [0, 0.05) is 12.1 Å². The molecule has 4 heteroatoms. The third kappa shape index (κ3) is 3.15. The number of hydrogen-bond donors (Lipinski definition) is 1. The fourth-order valence-corrected chi connectivity index (χ4v) is 2.49. The number of benzene rings is 1. The van der Waals surface area contributed by atoms with E-state index in [0.717, 1.165) is 35.1 Å². The lowest BCUT2D eigenvalue weighted by molar-refractivity contribution is 0.668. The summed E-state index contributed by atoms with van der Waals surface area (Å²) in [6, 6.07) is 6.44. The van der Waals surface area contributed by atoms with E-state index in [1.165, 1.54) is 11.1 Å². The first-order valence-electron chi connectivity index (χ1n) is 6.31. The molecule has 0 spiro atoms. The van der Waals surface area contributed by atoms with E-state index in [1.54, 1.807) is 11.3 Å². The van der Waals surface area contributed by atoms with Crippen molar-refractivity contribution < 1.29 is 0 Å². The summed E-state index contributed by atoms with van der Waals surface area (Å²) < 4.78 is 0. The molecule has 1 heterocycles. The Morgan fingerprint density at radius 2 is 2.00 bits per heavy atom. The third-order valence-electron chi connectivity index (χ3n) is 2.92. The molecule has 1 aromatic carbocycles. The Kier molecular flexibility index (Phi) is 4.44. The zero-order valence-electron chi connectivity index (χ0n) is 11.2. The van der Waals surface area contributed by atoms with Crippen molar-refractivity contribution in [3.05, 3.63) is 34.3 Å². The maximum Gasteiger partial charge on any atom is 0.147 e. The van der Waals surface area contributed by atoms with Gasteiger partial charge in [0.05, 0.1) is 0 Å². The van der Waals surface area contributed by atoms with Gasteiger partial charge in [0.25, 0.3) is 0 Å². The van der Waals surface area contributed by atoms with E-state index in [1.807, 2.05) is 0 Å². The zero-order chi connectivity index (χ0) is 13.0. The van der Waals surface area contributed by atoms with Crippen LogP contribution < -0.4 is 5.32 Å². The summed E-state index contributed by atoms with van der Waals surface area (Å²) in [4.78, 5) is 0. The van der Waals surface area contributed by atoms with Gasteiger partial charge in [-0.3, -0.25) is 0 Å². The molecule has 0 bridgehead atoms. The lowest BCUT2D eigenvalue weighted by atomic mass is 10.1. The Labute approximate surface area is 112 Å². The molecule has 1 N–H and O–H groups in total. The van der Waals surface area contributed by atoms with Crippen molar-refractivity contribution in [2.24, 2.45) is 0 Å². The van der Waals surface area contributed by atoms with Gasteiger partial charge in [-0.05, 0) is 44.0 Å². The highest BCUT2D eigenvalue weighted by atomic mass is 32.1. The molecule has 0 aliphatic heterocycles. The fourth-order valence-electron chi connectivity index (χ4n) is 1.69. The first kappa shape index (κ1) is 13.2. The third-order valence-corrected chi connectivity index (χ3v) is 3.90. The summed E-state index contributed by atoms with van der Waals surface area (Å²) in [6.07, 6.45) is 1.14. The van der Waals surface area contributed by atoms with Crippen LogP contribution in [0, 0.1) is 13.8 Å². The van der Waals surface area contributed by atoms with Crippen LogP contribution in [0.1, 0.15) is 29.5 Å². The van der Waals surface area contributed by atoms with Crippen LogP contribution >= 0.6 is 11.3 Å². The fraction of sp³-hybridized carbons (Fsp3) is 0.429. The molecular formula is C14H19N3S. The van der Waals surface area contributed by atoms with Crippen molar-refractivity contribution in [2.75, 3.05) is 6.54 Å². The Morgan fingerprint density at radius 3 is 2.72 bits per heavy atom.